The number of hydrogen-bond donors (Lipinski definition) is 1. The first-order valence-electron chi connectivity index (χ1n) is 8.74. The van der Waals surface area contributed by atoms with Crippen molar-refractivity contribution in [2.24, 2.45) is 5.92 Å². The highest BCUT2D eigenvalue weighted by atomic mass is 16.7. The van der Waals surface area contributed by atoms with Crippen LogP contribution in [0.3, 0.4) is 0 Å². The highest BCUT2D eigenvalue weighted by Gasteiger charge is 2.30. The largest absolute Gasteiger partial charge is 0.460 e. The molecule has 144 valence electrons. The molecule has 0 aromatic carbocycles. The van der Waals surface area contributed by atoms with Crippen molar-refractivity contribution in [3.05, 3.63) is 22.7 Å². The van der Waals surface area contributed by atoms with E-state index in [9.17, 15) is 14.4 Å². The third-order valence-corrected chi connectivity index (χ3v) is 4.66. The molecule has 3 heterocycles. The highest BCUT2D eigenvalue weighted by molar-refractivity contribution is 6.56. The van der Waals surface area contributed by atoms with Gasteiger partial charge in [0.2, 0.25) is 7.85 Å². The summed E-state index contributed by atoms with van der Waals surface area (Å²) in [5.74, 6) is -0.501. The Morgan fingerprint density at radius 3 is 2.78 bits per heavy atom. The minimum atomic E-state index is -0.750. The molecule has 10 nitrogen and oxygen atoms in total. The van der Waals surface area contributed by atoms with Crippen molar-refractivity contribution in [1.82, 2.24) is 14.5 Å². The number of ether oxygens (including phenoxy) is 3. The molecule has 3 rings (SSSR count). The van der Waals surface area contributed by atoms with Crippen LogP contribution in [-0.2, 0) is 19.0 Å². The van der Waals surface area contributed by atoms with Gasteiger partial charge in [0.1, 0.15) is 12.4 Å². The van der Waals surface area contributed by atoms with Gasteiger partial charge in [-0.25, -0.2) is 4.79 Å². The fraction of sp³-hybridized carbons (Fsp3) is 0.625. The molecule has 2 saturated heterocycles. The fourth-order valence-electron chi connectivity index (χ4n) is 3.13. The zero-order chi connectivity index (χ0) is 19.4. The van der Waals surface area contributed by atoms with Gasteiger partial charge in [-0.3, -0.25) is 14.2 Å². The Kier molecular flexibility index (Phi) is 6.12. The number of aromatic nitrogens is 2. The van der Waals surface area contributed by atoms with E-state index in [1.807, 2.05) is 0 Å². The zero-order valence-electron chi connectivity index (χ0n) is 14.8. The average Bonchev–Trinajstić information content (AvgIpc) is 3.09. The maximum absolute atomic E-state index is 12.0. The van der Waals surface area contributed by atoms with Crippen molar-refractivity contribution >= 4 is 25.4 Å². The zero-order valence-corrected chi connectivity index (χ0v) is 14.8. The molecule has 2 aliphatic heterocycles. The standard InChI is InChI=1S/C16H21BN4O6/c17-15(23)20-4-1-10(2-5-20)7-13(22)25-9-14-26-8-12(27-14)21-6-3-11(18)19-16(21)24/h3,6,10,12,14H,1-2,4-5,7-9H2,(H2,18,19,24)/t12-,14-/m0/s1. The van der Waals surface area contributed by atoms with E-state index in [2.05, 4.69) is 4.98 Å². The van der Waals surface area contributed by atoms with Crippen LogP contribution in [0.5, 0.6) is 0 Å². The van der Waals surface area contributed by atoms with E-state index in [1.54, 1.807) is 4.90 Å². The van der Waals surface area contributed by atoms with Gasteiger partial charge in [-0.05, 0) is 24.8 Å². The van der Waals surface area contributed by atoms with Gasteiger partial charge >= 0.3 is 11.7 Å². The molecule has 0 aliphatic carbocycles. The number of piperidine rings is 1. The third-order valence-electron chi connectivity index (χ3n) is 4.66. The van der Waals surface area contributed by atoms with Crippen LogP contribution >= 0.6 is 0 Å². The summed E-state index contributed by atoms with van der Waals surface area (Å²) in [5, 5.41) is 0. The first-order valence-corrected chi connectivity index (χ1v) is 8.74. The van der Waals surface area contributed by atoms with Crippen molar-refractivity contribution in [3.63, 3.8) is 0 Å². The molecule has 2 aliphatic rings. The van der Waals surface area contributed by atoms with Crippen LogP contribution in [0, 0.1) is 5.92 Å². The molecule has 11 heteroatoms. The Hall–Kier alpha value is -2.40. The van der Waals surface area contributed by atoms with Crippen LogP contribution < -0.4 is 11.4 Å². The maximum atomic E-state index is 12.0. The molecule has 2 N–H and O–H groups in total. The highest BCUT2D eigenvalue weighted by Crippen LogP contribution is 2.22. The molecular formula is C16H21BN4O6. The summed E-state index contributed by atoms with van der Waals surface area (Å²) in [4.78, 5) is 40.1. The van der Waals surface area contributed by atoms with Gasteiger partial charge < -0.3 is 24.8 Å². The normalized spacial score (nSPS) is 23.3. The van der Waals surface area contributed by atoms with Crippen molar-refractivity contribution in [3.8, 4) is 0 Å². The second-order valence-electron chi connectivity index (χ2n) is 6.55. The predicted octanol–water partition coefficient (Wildman–Crippen LogP) is -0.369. The van der Waals surface area contributed by atoms with E-state index in [4.69, 9.17) is 27.8 Å². The van der Waals surface area contributed by atoms with Gasteiger partial charge in [-0.1, -0.05) is 0 Å². The summed E-state index contributed by atoms with van der Waals surface area (Å²) < 4.78 is 17.5. The third kappa shape index (κ3) is 5.07. The van der Waals surface area contributed by atoms with Crippen molar-refractivity contribution in [2.45, 2.75) is 31.8 Å². The number of carbonyl (C=O) groups excluding carboxylic acids is 2. The van der Waals surface area contributed by atoms with E-state index in [0.29, 0.717) is 25.9 Å². The molecule has 27 heavy (non-hydrogen) atoms. The number of nitrogens with two attached hydrogens (primary N) is 1. The van der Waals surface area contributed by atoms with Crippen molar-refractivity contribution in [1.29, 1.82) is 0 Å². The molecular weight excluding hydrogens is 355 g/mol. The van der Waals surface area contributed by atoms with E-state index in [-0.39, 0.29) is 37.3 Å². The first kappa shape index (κ1) is 19.4. The van der Waals surface area contributed by atoms with Crippen LogP contribution in [0.25, 0.3) is 0 Å². The van der Waals surface area contributed by atoms with Gasteiger partial charge in [0.15, 0.2) is 18.3 Å². The number of nitrogens with zero attached hydrogens (tertiary/aromatic N) is 3. The molecule has 0 saturated carbocycles. The lowest BCUT2D eigenvalue weighted by Gasteiger charge is -2.31. The van der Waals surface area contributed by atoms with Gasteiger partial charge in [0, 0.05) is 25.7 Å². The maximum Gasteiger partial charge on any atom is 0.351 e. The second-order valence-corrected chi connectivity index (χ2v) is 6.55. The summed E-state index contributed by atoms with van der Waals surface area (Å²) in [5.41, 5.74) is 4.92. The Morgan fingerprint density at radius 1 is 1.37 bits per heavy atom. The summed E-state index contributed by atoms with van der Waals surface area (Å²) >= 11 is 0. The Morgan fingerprint density at radius 2 is 2.11 bits per heavy atom. The monoisotopic (exact) mass is 376 g/mol. The summed E-state index contributed by atoms with van der Waals surface area (Å²) in [7, 11) is 5.24. The van der Waals surface area contributed by atoms with Crippen molar-refractivity contribution in [2.75, 3.05) is 32.0 Å². The minimum Gasteiger partial charge on any atom is -0.460 e. The number of rotatable bonds is 5. The lowest BCUT2D eigenvalue weighted by molar-refractivity contribution is -0.160. The van der Waals surface area contributed by atoms with E-state index in [1.165, 1.54) is 16.8 Å². The van der Waals surface area contributed by atoms with Crippen LogP contribution in [-0.4, -0.2) is 66.7 Å². The molecule has 2 atom stereocenters. The minimum absolute atomic E-state index is 0.0629. The lowest BCUT2D eigenvalue weighted by Crippen LogP contribution is -2.38. The molecule has 1 aromatic rings. The average molecular weight is 376 g/mol. The molecule has 1 amide bonds. The second kappa shape index (κ2) is 8.53. The van der Waals surface area contributed by atoms with E-state index in [0.717, 1.165) is 0 Å². The molecule has 1 aromatic heterocycles. The first-order chi connectivity index (χ1) is 12.9. The Balaban J connectivity index is 1.40. The van der Waals surface area contributed by atoms with Gasteiger partial charge in [0.25, 0.3) is 0 Å². The number of anilines is 1. The smallest absolute Gasteiger partial charge is 0.351 e. The number of nitrogen functional groups attached to an aromatic ring is 1. The lowest BCUT2D eigenvalue weighted by atomic mass is 9.92. The quantitative estimate of drug-likeness (QED) is 0.545. The predicted molar refractivity (Wildman–Crippen MR) is 93.8 cm³/mol. The summed E-state index contributed by atoms with van der Waals surface area (Å²) in [6.07, 6.45) is 1.77. The van der Waals surface area contributed by atoms with Crippen LogP contribution in [0.1, 0.15) is 25.5 Å². The Bertz CT molecular complexity index is 749. The molecule has 2 radical (unpaired) electrons. The van der Waals surface area contributed by atoms with E-state index < -0.39 is 24.0 Å². The van der Waals surface area contributed by atoms with Crippen LogP contribution in [0.2, 0.25) is 0 Å². The van der Waals surface area contributed by atoms with Gasteiger partial charge in [-0.2, -0.15) is 4.98 Å². The molecule has 0 unspecified atom stereocenters. The van der Waals surface area contributed by atoms with Crippen molar-refractivity contribution < 1.29 is 23.8 Å². The van der Waals surface area contributed by atoms with Gasteiger partial charge in [-0.15, -0.1) is 0 Å². The number of hydrogen-bond acceptors (Lipinski definition) is 8. The summed E-state index contributed by atoms with van der Waals surface area (Å²) in [6.45, 7) is 1.17. The number of esters is 1. The summed E-state index contributed by atoms with van der Waals surface area (Å²) in [6, 6.07) is 1.49. The number of amides is 1. The fourth-order valence-corrected chi connectivity index (χ4v) is 3.13. The SMILES string of the molecule is [B]C(=O)N1CCC(CC(=O)OC[C@H]2OC[C@@H](n3ccc(N)nc3=O)O2)CC1. The Labute approximate surface area is 157 Å². The van der Waals surface area contributed by atoms with Crippen LogP contribution in [0.15, 0.2) is 17.1 Å². The molecule has 0 spiro atoms. The van der Waals surface area contributed by atoms with Gasteiger partial charge in [0.05, 0.1) is 6.61 Å². The van der Waals surface area contributed by atoms with Crippen LogP contribution in [0.4, 0.5) is 10.6 Å². The van der Waals surface area contributed by atoms with E-state index >= 15 is 0 Å². The molecule has 2 fully saturated rings. The topological polar surface area (TPSA) is 126 Å². The number of carbonyl (C=O) groups is 2. The number of likely N-dealkylation sites (tertiary alicyclic amines) is 1. The molecule has 0 bridgehead atoms.